The summed E-state index contributed by atoms with van der Waals surface area (Å²) in [5.41, 5.74) is 0.903. The lowest BCUT2D eigenvalue weighted by molar-refractivity contribution is -0.125. The van der Waals surface area contributed by atoms with E-state index in [1.54, 1.807) is 6.07 Å². The van der Waals surface area contributed by atoms with Crippen LogP contribution in [0.5, 0.6) is 11.5 Å². The van der Waals surface area contributed by atoms with Crippen molar-refractivity contribution < 1.29 is 28.2 Å². The second-order valence-corrected chi connectivity index (χ2v) is 6.60. The van der Waals surface area contributed by atoms with Gasteiger partial charge in [-0.15, -0.1) is 0 Å². The normalized spacial score (nSPS) is 14.3. The molecule has 0 bridgehead atoms. The Hall–Kier alpha value is -2.96. The summed E-state index contributed by atoms with van der Waals surface area (Å²) < 4.78 is 21.3. The molecule has 7 heteroatoms. The lowest BCUT2D eigenvalue weighted by Gasteiger charge is -2.23. The lowest BCUT2D eigenvalue weighted by atomic mass is 9.95. The standard InChI is InChI=1S/C20H23NO6/c1-13(2)19(14-6-7-15-17(11-14)26-10-4-9-24-15)21-18(22)12-27-20(23)16-5-3-8-25-16/h3,5-8,11,13,19H,4,9-10,12H2,1-2H3,(H,21,22)/t19-/m1/s1. The highest BCUT2D eigenvalue weighted by molar-refractivity contribution is 5.88. The minimum absolute atomic E-state index is 0.0612. The van der Waals surface area contributed by atoms with E-state index in [2.05, 4.69) is 5.32 Å². The number of carbonyl (C=O) groups excluding carboxylic acids is 2. The van der Waals surface area contributed by atoms with Crippen LogP contribution < -0.4 is 14.8 Å². The molecular weight excluding hydrogens is 350 g/mol. The van der Waals surface area contributed by atoms with Crippen LogP contribution >= 0.6 is 0 Å². The summed E-state index contributed by atoms with van der Waals surface area (Å²) in [4.78, 5) is 24.0. The third-order valence-electron chi connectivity index (χ3n) is 4.17. The van der Waals surface area contributed by atoms with Gasteiger partial charge in [0.2, 0.25) is 5.76 Å². The fourth-order valence-corrected chi connectivity index (χ4v) is 2.82. The number of hydrogen-bond acceptors (Lipinski definition) is 6. The number of benzene rings is 1. The van der Waals surface area contributed by atoms with Gasteiger partial charge in [0.15, 0.2) is 18.1 Å². The molecule has 0 aliphatic carbocycles. The zero-order chi connectivity index (χ0) is 19.2. The Morgan fingerprint density at radius 3 is 2.63 bits per heavy atom. The van der Waals surface area contributed by atoms with Crippen molar-refractivity contribution in [1.82, 2.24) is 5.32 Å². The molecule has 0 spiro atoms. The monoisotopic (exact) mass is 373 g/mol. The quantitative estimate of drug-likeness (QED) is 0.783. The minimum atomic E-state index is -0.674. The molecule has 1 aromatic heterocycles. The minimum Gasteiger partial charge on any atom is -0.490 e. The molecule has 2 heterocycles. The molecule has 3 rings (SSSR count). The molecule has 0 radical (unpaired) electrons. The van der Waals surface area contributed by atoms with E-state index < -0.39 is 5.97 Å². The summed E-state index contributed by atoms with van der Waals surface area (Å²) in [7, 11) is 0. The van der Waals surface area contributed by atoms with Crippen LogP contribution in [0.25, 0.3) is 0 Å². The maximum atomic E-state index is 12.3. The molecule has 0 saturated heterocycles. The number of fused-ring (bicyclic) bond motifs is 1. The van der Waals surface area contributed by atoms with Gasteiger partial charge in [0.25, 0.3) is 5.91 Å². The molecule has 1 atom stereocenters. The summed E-state index contributed by atoms with van der Waals surface area (Å²) in [6, 6.07) is 8.46. The van der Waals surface area contributed by atoms with Crippen molar-refractivity contribution in [2.75, 3.05) is 19.8 Å². The molecule has 27 heavy (non-hydrogen) atoms. The Balaban J connectivity index is 1.64. The van der Waals surface area contributed by atoms with Crippen molar-refractivity contribution in [1.29, 1.82) is 0 Å². The van der Waals surface area contributed by atoms with Gasteiger partial charge in [-0.3, -0.25) is 4.79 Å². The predicted octanol–water partition coefficient (Wildman–Crippen LogP) is 3.11. The zero-order valence-electron chi connectivity index (χ0n) is 15.4. The fraction of sp³-hybridized carbons (Fsp3) is 0.400. The Kier molecular flexibility index (Phi) is 6.01. The van der Waals surface area contributed by atoms with E-state index in [4.69, 9.17) is 18.6 Å². The Bertz CT molecular complexity index is 784. The summed E-state index contributed by atoms with van der Waals surface area (Å²) in [5, 5.41) is 2.91. The van der Waals surface area contributed by atoms with Crippen LogP contribution in [0.1, 0.15) is 42.4 Å². The third kappa shape index (κ3) is 4.81. The second-order valence-electron chi connectivity index (χ2n) is 6.60. The smallest absolute Gasteiger partial charge is 0.374 e. The third-order valence-corrected chi connectivity index (χ3v) is 4.17. The van der Waals surface area contributed by atoms with Gasteiger partial charge in [-0.05, 0) is 35.7 Å². The molecule has 144 valence electrons. The molecule has 1 aromatic carbocycles. The van der Waals surface area contributed by atoms with Crippen LogP contribution in [-0.2, 0) is 9.53 Å². The highest BCUT2D eigenvalue weighted by atomic mass is 16.5. The van der Waals surface area contributed by atoms with E-state index in [1.807, 2.05) is 32.0 Å². The largest absolute Gasteiger partial charge is 0.490 e. The maximum absolute atomic E-state index is 12.3. The molecule has 1 aliphatic rings. The van der Waals surface area contributed by atoms with Gasteiger partial charge < -0.3 is 23.9 Å². The topological polar surface area (TPSA) is 87.0 Å². The fourth-order valence-electron chi connectivity index (χ4n) is 2.82. The highest BCUT2D eigenvalue weighted by Crippen LogP contribution is 2.34. The van der Waals surface area contributed by atoms with Gasteiger partial charge >= 0.3 is 5.97 Å². The van der Waals surface area contributed by atoms with E-state index in [0.29, 0.717) is 24.7 Å². The van der Waals surface area contributed by atoms with E-state index in [9.17, 15) is 9.59 Å². The average Bonchev–Trinajstić information content (AvgIpc) is 3.09. The first-order chi connectivity index (χ1) is 13.0. The average molecular weight is 373 g/mol. The number of hydrogen-bond donors (Lipinski definition) is 1. The number of carbonyl (C=O) groups is 2. The molecule has 1 amide bonds. The highest BCUT2D eigenvalue weighted by Gasteiger charge is 2.22. The SMILES string of the molecule is CC(C)[C@@H](NC(=O)COC(=O)c1ccco1)c1ccc2c(c1)OCCCO2. The van der Waals surface area contributed by atoms with Crippen molar-refractivity contribution in [3.63, 3.8) is 0 Å². The van der Waals surface area contributed by atoms with Gasteiger partial charge in [-0.2, -0.15) is 0 Å². The first-order valence-electron chi connectivity index (χ1n) is 8.94. The van der Waals surface area contributed by atoms with E-state index >= 15 is 0 Å². The van der Waals surface area contributed by atoms with Crippen LogP contribution in [0.3, 0.4) is 0 Å². The molecule has 1 N–H and O–H groups in total. The van der Waals surface area contributed by atoms with Crippen LogP contribution in [0, 0.1) is 5.92 Å². The molecule has 7 nitrogen and oxygen atoms in total. The van der Waals surface area contributed by atoms with Gasteiger partial charge in [0, 0.05) is 6.42 Å². The van der Waals surface area contributed by atoms with Crippen LogP contribution in [0.4, 0.5) is 0 Å². The van der Waals surface area contributed by atoms with Crippen LogP contribution in [0.2, 0.25) is 0 Å². The van der Waals surface area contributed by atoms with Crippen molar-refractivity contribution in [2.45, 2.75) is 26.3 Å². The summed E-state index contributed by atoms with van der Waals surface area (Å²) in [6.07, 6.45) is 2.20. The molecular formula is C20H23NO6. The van der Waals surface area contributed by atoms with Gasteiger partial charge in [0.1, 0.15) is 0 Å². The predicted molar refractivity (Wildman–Crippen MR) is 96.8 cm³/mol. The Morgan fingerprint density at radius 1 is 1.15 bits per heavy atom. The Labute approximate surface area is 157 Å². The van der Waals surface area contributed by atoms with Gasteiger partial charge in [0.05, 0.1) is 25.5 Å². The molecule has 0 fully saturated rings. The zero-order valence-corrected chi connectivity index (χ0v) is 15.4. The number of furan rings is 1. The number of amides is 1. The second kappa shape index (κ2) is 8.62. The molecule has 0 saturated carbocycles. The van der Waals surface area contributed by atoms with Crippen molar-refractivity contribution in [2.24, 2.45) is 5.92 Å². The van der Waals surface area contributed by atoms with Gasteiger partial charge in [-0.1, -0.05) is 19.9 Å². The van der Waals surface area contributed by atoms with Crippen molar-refractivity contribution in [3.05, 3.63) is 47.9 Å². The summed E-state index contributed by atoms with van der Waals surface area (Å²) >= 11 is 0. The molecule has 2 aromatic rings. The number of nitrogens with one attached hydrogen (secondary N) is 1. The number of ether oxygens (including phenoxy) is 3. The van der Waals surface area contributed by atoms with Crippen LogP contribution in [-0.4, -0.2) is 31.7 Å². The molecule has 0 unspecified atom stereocenters. The number of rotatable bonds is 6. The maximum Gasteiger partial charge on any atom is 0.374 e. The van der Waals surface area contributed by atoms with Crippen LogP contribution in [0.15, 0.2) is 41.0 Å². The summed E-state index contributed by atoms with van der Waals surface area (Å²) in [6.45, 7) is 4.84. The Morgan fingerprint density at radius 2 is 1.93 bits per heavy atom. The lowest BCUT2D eigenvalue weighted by Crippen LogP contribution is -2.35. The van der Waals surface area contributed by atoms with E-state index in [0.717, 1.165) is 12.0 Å². The number of esters is 1. The first-order valence-corrected chi connectivity index (χ1v) is 8.94. The molecule has 1 aliphatic heterocycles. The van der Waals surface area contributed by atoms with E-state index in [-0.39, 0.29) is 30.2 Å². The van der Waals surface area contributed by atoms with Crippen molar-refractivity contribution in [3.8, 4) is 11.5 Å². The van der Waals surface area contributed by atoms with E-state index in [1.165, 1.54) is 12.3 Å². The van der Waals surface area contributed by atoms with Gasteiger partial charge in [-0.25, -0.2) is 4.79 Å². The summed E-state index contributed by atoms with van der Waals surface area (Å²) in [5.74, 6) is 0.504. The first kappa shape index (κ1) is 18.8. The van der Waals surface area contributed by atoms with Crippen molar-refractivity contribution >= 4 is 11.9 Å².